The Hall–Kier alpha value is -2.63. The fourth-order valence-electron chi connectivity index (χ4n) is 2.95. The molecule has 1 amide bonds. The van der Waals surface area contributed by atoms with Gasteiger partial charge in [0.1, 0.15) is 5.75 Å². The summed E-state index contributed by atoms with van der Waals surface area (Å²) in [6.45, 7) is 2.40. The number of hydrogen-bond acceptors (Lipinski definition) is 4. The van der Waals surface area contributed by atoms with E-state index in [0.29, 0.717) is 18.8 Å². The van der Waals surface area contributed by atoms with Gasteiger partial charge in [-0.05, 0) is 50.3 Å². The molecule has 2 aromatic rings. The minimum Gasteiger partial charge on any atom is -0.481 e. The number of para-hydroxylation sites is 1. The van der Waals surface area contributed by atoms with Gasteiger partial charge in [0, 0.05) is 12.6 Å². The number of fused-ring (bicyclic) bond motifs is 1. The third-order valence-electron chi connectivity index (χ3n) is 4.32. The van der Waals surface area contributed by atoms with Crippen molar-refractivity contribution in [2.45, 2.75) is 45.3 Å². The Bertz CT molecular complexity index is 786. The molecule has 1 unspecified atom stereocenters. The number of hydrogen-bond donors (Lipinski definition) is 1. The normalized spacial score (nSPS) is 14.4. The zero-order valence-corrected chi connectivity index (χ0v) is 14.4. The van der Waals surface area contributed by atoms with Crippen LogP contribution in [0.1, 0.15) is 31.0 Å². The molecule has 1 heterocycles. The predicted molar refractivity (Wildman–Crippen MR) is 94.7 cm³/mol. The topological polar surface area (TPSA) is 73.2 Å². The van der Waals surface area contributed by atoms with Gasteiger partial charge < -0.3 is 10.1 Å². The van der Waals surface area contributed by atoms with Crippen molar-refractivity contribution in [2.75, 3.05) is 6.54 Å². The monoisotopic (exact) mass is 341 g/mol. The molecule has 1 N–H and O–H groups in total. The molecule has 0 bridgehead atoms. The first-order chi connectivity index (χ1) is 12.1. The lowest BCUT2D eigenvalue weighted by Gasteiger charge is -2.17. The highest BCUT2D eigenvalue weighted by Crippen LogP contribution is 2.16. The number of benzene rings is 1. The minimum atomic E-state index is -0.601. The van der Waals surface area contributed by atoms with E-state index in [0.717, 1.165) is 36.9 Å². The number of aromatic nitrogens is 2. The third kappa shape index (κ3) is 4.47. The molecule has 1 aliphatic rings. The quantitative estimate of drug-likeness (QED) is 0.868. The Kier molecular flexibility index (Phi) is 5.48. The minimum absolute atomic E-state index is 0.108. The Balaban J connectivity index is 1.52. The standard InChI is InChI=1S/C19H23N3O3/c1-14(25-16-8-3-2-4-9-16)19(24)20-11-12-22-18(23)13-15-7-5-6-10-17(15)21-22/h2-4,8-9,13-14H,5-7,10-12H2,1H3,(H,20,24). The molecule has 1 aromatic carbocycles. The molecule has 6 nitrogen and oxygen atoms in total. The van der Waals surface area contributed by atoms with Crippen molar-refractivity contribution >= 4 is 5.91 Å². The lowest BCUT2D eigenvalue weighted by atomic mass is 9.97. The van der Waals surface area contributed by atoms with Crippen LogP contribution in [-0.4, -0.2) is 28.3 Å². The largest absolute Gasteiger partial charge is 0.481 e. The van der Waals surface area contributed by atoms with Gasteiger partial charge in [0.05, 0.1) is 12.2 Å². The summed E-state index contributed by atoms with van der Waals surface area (Å²) in [5, 5.41) is 7.24. The molecule has 25 heavy (non-hydrogen) atoms. The molecule has 0 fully saturated rings. The Morgan fingerprint density at radius 1 is 1.28 bits per heavy atom. The number of rotatable bonds is 6. The van der Waals surface area contributed by atoms with Crippen molar-refractivity contribution in [1.29, 1.82) is 0 Å². The lowest BCUT2D eigenvalue weighted by molar-refractivity contribution is -0.127. The maximum Gasteiger partial charge on any atom is 0.267 e. The maximum absolute atomic E-state index is 12.1. The second kappa shape index (κ2) is 7.96. The first kappa shape index (κ1) is 17.2. The van der Waals surface area contributed by atoms with E-state index in [2.05, 4.69) is 10.4 Å². The summed E-state index contributed by atoms with van der Waals surface area (Å²) < 4.78 is 7.02. The van der Waals surface area contributed by atoms with E-state index in [1.165, 1.54) is 4.68 Å². The fourth-order valence-corrected chi connectivity index (χ4v) is 2.95. The highest BCUT2D eigenvalue weighted by Gasteiger charge is 2.15. The second-order valence-electron chi connectivity index (χ2n) is 6.25. The van der Waals surface area contributed by atoms with Gasteiger partial charge in [-0.1, -0.05) is 18.2 Å². The van der Waals surface area contributed by atoms with Crippen molar-refractivity contribution in [1.82, 2.24) is 15.1 Å². The van der Waals surface area contributed by atoms with Gasteiger partial charge in [-0.15, -0.1) is 0 Å². The zero-order valence-electron chi connectivity index (χ0n) is 14.4. The summed E-state index contributed by atoms with van der Waals surface area (Å²) in [6, 6.07) is 10.9. The summed E-state index contributed by atoms with van der Waals surface area (Å²) in [7, 11) is 0. The van der Waals surface area contributed by atoms with E-state index in [4.69, 9.17) is 4.74 Å². The van der Waals surface area contributed by atoms with Crippen LogP contribution in [0.5, 0.6) is 5.75 Å². The average Bonchev–Trinajstić information content (AvgIpc) is 2.62. The maximum atomic E-state index is 12.1. The summed E-state index contributed by atoms with van der Waals surface area (Å²) >= 11 is 0. The number of aryl methyl sites for hydroxylation is 2. The number of ether oxygens (including phenoxy) is 1. The fraction of sp³-hybridized carbons (Fsp3) is 0.421. The van der Waals surface area contributed by atoms with Crippen molar-refractivity contribution < 1.29 is 9.53 Å². The molecule has 6 heteroatoms. The van der Waals surface area contributed by atoms with E-state index in [-0.39, 0.29) is 11.5 Å². The molecule has 1 atom stereocenters. The van der Waals surface area contributed by atoms with Crippen LogP contribution in [0.15, 0.2) is 41.2 Å². The Labute approximate surface area is 146 Å². The number of amides is 1. The molecule has 0 aliphatic heterocycles. The van der Waals surface area contributed by atoms with E-state index in [9.17, 15) is 9.59 Å². The average molecular weight is 341 g/mol. The summed E-state index contributed by atoms with van der Waals surface area (Å²) in [5.41, 5.74) is 1.97. The number of carbonyl (C=O) groups excluding carboxylic acids is 1. The van der Waals surface area contributed by atoms with Crippen LogP contribution in [-0.2, 0) is 24.2 Å². The van der Waals surface area contributed by atoms with E-state index < -0.39 is 6.10 Å². The van der Waals surface area contributed by atoms with Crippen molar-refractivity contribution in [2.24, 2.45) is 0 Å². The molecule has 1 aromatic heterocycles. The van der Waals surface area contributed by atoms with Crippen LogP contribution < -0.4 is 15.6 Å². The first-order valence-electron chi connectivity index (χ1n) is 8.73. The van der Waals surface area contributed by atoms with Gasteiger partial charge in [0.2, 0.25) is 0 Å². The number of carbonyl (C=O) groups is 1. The van der Waals surface area contributed by atoms with Crippen molar-refractivity contribution in [3.8, 4) is 5.75 Å². The van der Waals surface area contributed by atoms with Crippen LogP contribution in [0, 0.1) is 0 Å². The van der Waals surface area contributed by atoms with Crippen LogP contribution >= 0.6 is 0 Å². The Morgan fingerprint density at radius 3 is 2.84 bits per heavy atom. The summed E-state index contributed by atoms with van der Waals surface area (Å²) in [4.78, 5) is 24.2. The molecular weight excluding hydrogens is 318 g/mol. The smallest absolute Gasteiger partial charge is 0.267 e. The molecule has 0 saturated carbocycles. The van der Waals surface area contributed by atoms with Crippen molar-refractivity contribution in [3.63, 3.8) is 0 Å². The van der Waals surface area contributed by atoms with Crippen LogP contribution in [0.25, 0.3) is 0 Å². The lowest BCUT2D eigenvalue weighted by Crippen LogP contribution is -2.39. The highest BCUT2D eigenvalue weighted by atomic mass is 16.5. The molecule has 0 spiro atoms. The SMILES string of the molecule is CC(Oc1ccccc1)C(=O)NCCn1nc2c(cc1=O)CCCC2. The van der Waals surface area contributed by atoms with Gasteiger partial charge >= 0.3 is 0 Å². The first-order valence-corrected chi connectivity index (χ1v) is 8.73. The van der Waals surface area contributed by atoms with Gasteiger partial charge in [-0.25, -0.2) is 4.68 Å². The predicted octanol–water partition coefficient (Wildman–Crippen LogP) is 1.71. The van der Waals surface area contributed by atoms with Gasteiger partial charge in [0.25, 0.3) is 11.5 Å². The van der Waals surface area contributed by atoms with Gasteiger partial charge in [-0.2, -0.15) is 5.10 Å². The van der Waals surface area contributed by atoms with Crippen LogP contribution in [0.3, 0.4) is 0 Å². The number of nitrogens with one attached hydrogen (secondary N) is 1. The van der Waals surface area contributed by atoms with Crippen molar-refractivity contribution in [3.05, 3.63) is 58.0 Å². The Morgan fingerprint density at radius 2 is 2.04 bits per heavy atom. The molecule has 132 valence electrons. The molecule has 1 aliphatic carbocycles. The highest BCUT2D eigenvalue weighted by molar-refractivity contribution is 5.80. The third-order valence-corrected chi connectivity index (χ3v) is 4.32. The molecule has 3 rings (SSSR count). The summed E-state index contributed by atoms with van der Waals surface area (Å²) in [6.07, 6.45) is 3.49. The van der Waals surface area contributed by atoms with E-state index >= 15 is 0 Å². The number of nitrogens with zero attached hydrogens (tertiary/aromatic N) is 2. The van der Waals surface area contributed by atoms with E-state index in [1.54, 1.807) is 25.1 Å². The van der Waals surface area contributed by atoms with E-state index in [1.807, 2.05) is 18.2 Å². The van der Waals surface area contributed by atoms with Crippen LogP contribution in [0.4, 0.5) is 0 Å². The summed E-state index contributed by atoms with van der Waals surface area (Å²) in [5.74, 6) is 0.438. The molecule has 0 saturated heterocycles. The zero-order chi connectivity index (χ0) is 17.6. The molecule has 0 radical (unpaired) electrons. The van der Waals surface area contributed by atoms with Gasteiger partial charge in [-0.3, -0.25) is 9.59 Å². The molecular formula is C19H23N3O3. The van der Waals surface area contributed by atoms with Gasteiger partial charge in [0.15, 0.2) is 6.10 Å². The van der Waals surface area contributed by atoms with Crippen LogP contribution in [0.2, 0.25) is 0 Å². The second-order valence-corrected chi connectivity index (χ2v) is 6.25.